The largest absolute Gasteiger partial charge is 1.00 e. The van der Waals surface area contributed by atoms with Crippen LogP contribution in [-0.2, 0) is 6.54 Å². The third-order valence-electron chi connectivity index (χ3n) is 10.3. The molecule has 50 heavy (non-hydrogen) atoms. The van der Waals surface area contributed by atoms with Crippen LogP contribution in [0.4, 0.5) is 0 Å². The summed E-state index contributed by atoms with van der Waals surface area (Å²) in [6.45, 7) is 6.55. The molecule has 0 spiro atoms. The Bertz CT molecular complexity index is 985. The Morgan fingerprint density at radius 2 is 0.720 bits per heavy atom. The van der Waals surface area contributed by atoms with E-state index in [1.807, 2.05) is 0 Å². The van der Waals surface area contributed by atoms with Crippen LogP contribution in [0.2, 0.25) is 0 Å². The monoisotopic (exact) mass is 754 g/mol. The Morgan fingerprint density at radius 3 is 1.10 bits per heavy atom. The minimum absolute atomic E-state index is 0. The van der Waals surface area contributed by atoms with Crippen LogP contribution in [0.1, 0.15) is 218 Å². The predicted octanol–water partition coefficient (Wildman–Crippen LogP) is 12.3. The number of hydrogen-bond acceptors (Lipinski definition) is 1. The second-order valence-electron chi connectivity index (χ2n) is 15.0. The Hall–Kier alpha value is -1.61. The summed E-state index contributed by atoms with van der Waals surface area (Å²) in [5, 5.41) is 0. The van der Waals surface area contributed by atoms with E-state index in [4.69, 9.17) is 4.74 Å². The van der Waals surface area contributed by atoms with E-state index in [0.29, 0.717) is 0 Å². The van der Waals surface area contributed by atoms with Crippen molar-refractivity contribution in [1.29, 1.82) is 0 Å². The lowest BCUT2D eigenvalue weighted by molar-refractivity contribution is -0.697. The number of unbranched alkanes of at least 4 members (excludes halogenated alkanes) is 28. The van der Waals surface area contributed by atoms with Gasteiger partial charge in [-0.2, -0.15) is 0 Å². The number of nitrogens with zero attached hydrogens (tertiary/aromatic N) is 1. The highest BCUT2D eigenvalue weighted by molar-refractivity contribution is 5.69. The van der Waals surface area contributed by atoms with Crippen LogP contribution in [0, 0.1) is 0 Å². The van der Waals surface area contributed by atoms with Gasteiger partial charge in [0.2, 0.25) is 0 Å². The van der Waals surface area contributed by atoms with Gasteiger partial charge in [0.15, 0.2) is 12.4 Å². The molecule has 1 aromatic carbocycles. The molecule has 0 saturated carbocycles. The van der Waals surface area contributed by atoms with E-state index in [9.17, 15) is 0 Å². The Labute approximate surface area is 322 Å². The number of pyridine rings is 1. The summed E-state index contributed by atoms with van der Waals surface area (Å²) in [6, 6.07) is 13.0. The van der Waals surface area contributed by atoms with Crippen LogP contribution in [0.15, 0.2) is 48.8 Å². The quantitative estimate of drug-likeness (QED) is 0.0504. The summed E-state index contributed by atoms with van der Waals surface area (Å²) < 4.78 is 8.35. The lowest BCUT2D eigenvalue weighted by Crippen LogP contribution is -3.00. The Balaban J connectivity index is 0.0000125. The van der Waals surface area contributed by atoms with Gasteiger partial charge in [0, 0.05) is 18.6 Å². The molecule has 2 nitrogen and oxygen atoms in total. The SMILES string of the molecule is CCCCCCCCCCCCCCCCCCCCCCOc1ccc(C=Cc2cc[n+](CCCCCCCCCCCC)cc2)cc1.[Br-]. The van der Waals surface area contributed by atoms with Gasteiger partial charge in [-0.25, -0.2) is 4.57 Å². The minimum Gasteiger partial charge on any atom is -1.00 e. The van der Waals surface area contributed by atoms with Gasteiger partial charge in [-0.05, 0) is 36.1 Å². The van der Waals surface area contributed by atoms with Crippen molar-refractivity contribution in [2.45, 2.75) is 213 Å². The van der Waals surface area contributed by atoms with Crippen molar-refractivity contribution in [3.05, 3.63) is 59.9 Å². The second kappa shape index (κ2) is 35.8. The number of aromatic nitrogens is 1. The van der Waals surface area contributed by atoms with Crippen molar-refractivity contribution < 1.29 is 26.3 Å². The van der Waals surface area contributed by atoms with Gasteiger partial charge in [0.05, 0.1) is 6.61 Å². The van der Waals surface area contributed by atoms with Gasteiger partial charge in [-0.3, -0.25) is 0 Å². The molecule has 0 aliphatic carbocycles. The molecule has 286 valence electrons. The molecule has 0 atom stereocenters. The standard InChI is InChI=1S/C47H80NO.BrH/c1-3-5-7-9-11-13-15-16-17-18-19-20-21-22-23-24-26-28-30-32-44-49-47-37-35-45(36-38-47)33-34-46-39-42-48(43-40-46)41-31-29-27-25-14-12-10-8-6-4-2;/h33-40,42-43H,3-32,41,44H2,1-2H3;1H/q+1;/p-1. The fourth-order valence-electron chi connectivity index (χ4n) is 6.93. The third-order valence-corrected chi connectivity index (χ3v) is 10.3. The van der Waals surface area contributed by atoms with E-state index < -0.39 is 0 Å². The van der Waals surface area contributed by atoms with Crippen molar-refractivity contribution in [3.8, 4) is 5.75 Å². The maximum absolute atomic E-state index is 6.02. The van der Waals surface area contributed by atoms with E-state index in [1.54, 1.807) is 0 Å². The molecular weight excluding hydrogens is 674 g/mol. The number of rotatable bonds is 35. The number of ether oxygens (including phenoxy) is 1. The fourth-order valence-corrected chi connectivity index (χ4v) is 6.93. The summed E-state index contributed by atoms with van der Waals surface area (Å²) in [6.07, 6.45) is 51.1. The first-order chi connectivity index (χ1) is 24.3. The Kier molecular flexibility index (Phi) is 33.2. The highest BCUT2D eigenvalue weighted by Gasteiger charge is 2.01. The molecule has 0 aliphatic heterocycles. The lowest BCUT2D eigenvalue weighted by atomic mass is 10.0. The Morgan fingerprint density at radius 1 is 0.400 bits per heavy atom. The zero-order valence-corrected chi connectivity index (χ0v) is 34.7. The molecule has 2 aromatic rings. The zero-order chi connectivity index (χ0) is 34.7. The summed E-state index contributed by atoms with van der Waals surface area (Å²) in [7, 11) is 0. The molecular formula is C47H80BrNO. The minimum atomic E-state index is 0. The molecule has 0 aliphatic rings. The lowest BCUT2D eigenvalue weighted by Gasteiger charge is -2.07. The fraction of sp³-hybridized carbons (Fsp3) is 0.723. The summed E-state index contributed by atoms with van der Waals surface area (Å²) >= 11 is 0. The van der Waals surface area contributed by atoms with E-state index in [1.165, 1.54) is 197 Å². The van der Waals surface area contributed by atoms with Crippen molar-refractivity contribution in [2.24, 2.45) is 0 Å². The van der Waals surface area contributed by atoms with Crippen LogP contribution < -0.4 is 26.3 Å². The highest BCUT2D eigenvalue weighted by Crippen LogP contribution is 2.17. The molecule has 2 rings (SSSR count). The third kappa shape index (κ3) is 28.0. The number of aryl methyl sites for hydroxylation is 1. The second-order valence-corrected chi connectivity index (χ2v) is 15.0. The van der Waals surface area contributed by atoms with Gasteiger partial charge in [-0.1, -0.05) is 211 Å². The molecule has 0 amide bonds. The van der Waals surface area contributed by atoms with Crippen LogP contribution in [0.25, 0.3) is 12.2 Å². The van der Waals surface area contributed by atoms with Gasteiger partial charge < -0.3 is 21.7 Å². The van der Waals surface area contributed by atoms with Crippen molar-refractivity contribution >= 4 is 12.2 Å². The first-order valence-corrected chi connectivity index (χ1v) is 21.7. The van der Waals surface area contributed by atoms with Crippen molar-refractivity contribution in [3.63, 3.8) is 0 Å². The highest BCUT2D eigenvalue weighted by atomic mass is 79.9. The van der Waals surface area contributed by atoms with Gasteiger partial charge >= 0.3 is 0 Å². The molecule has 0 radical (unpaired) electrons. The smallest absolute Gasteiger partial charge is 0.169 e. The van der Waals surface area contributed by atoms with Gasteiger partial charge in [0.25, 0.3) is 0 Å². The molecule has 0 fully saturated rings. The van der Waals surface area contributed by atoms with E-state index in [2.05, 4.69) is 79.4 Å². The number of benzene rings is 1. The van der Waals surface area contributed by atoms with Crippen LogP contribution in [0.3, 0.4) is 0 Å². The summed E-state index contributed by atoms with van der Waals surface area (Å²) in [4.78, 5) is 0. The molecule has 3 heteroatoms. The van der Waals surface area contributed by atoms with E-state index >= 15 is 0 Å². The molecule has 0 saturated heterocycles. The van der Waals surface area contributed by atoms with Crippen LogP contribution in [-0.4, -0.2) is 6.61 Å². The molecule has 0 bridgehead atoms. The summed E-state index contributed by atoms with van der Waals surface area (Å²) in [5.74, 6) is 0.989. The van der Waals surface area contributed by atoms with Crippen LogP contribution in [0.5, 0.6) is 5.75 Å². The molecule has 0 N–H and O–H groups in total. The first-order valence-electron chi connectivity index (χ1n) is 21.7. The maximum Gasteiger partial charge on any atom is 0.169 e. The average Bonchev–Trinajstić information content (AvgIpc) is 3.13. The van der Waals surface area contributed by atoms with Gasteiger partial charge in [0.1, 0.15) is 12.3 Å². The topological polar surface area (TPSA) is 13.1 Å². The predicted molar refractivity (Wildman–Crippen MR) is 217 cm³/mol. The zero-order valence-electron chi connectivity index (χ0n) is 33.1. The summed E-state index contributed by atoms with van der Waals surface area (Å²) in [5.41, 5.74) is 2.47. The average molecular weight is 755 g/mol. The van der Waals surface area contributed by atoms with E-state index in [-0.39, 0.29) is 17.0 Å². The van der Waals surface area contributed by atoms with Crippen LogP contribution >= 0.6 is 0 Å². The van der Waals surface area contributed by atoms with Crippen molar-refractivity contribution in [1.82, 2.24) is 0 Å². The van der Waals surface area contributed by atoms with E-state index in [0.717, 1.165) is 25.3 Å². The van der Waals surface area contributed by atoms with Gasteiger partial charge in [-0.15, -0.1) is 0 Å². The molecule has 1 heterocycles. The molecule has 0 unspecified atom stereocenters. The number of halogens is 1. The maximum atomic E-state index is 6.02. The number of hydrogen-bond donors (Lipinski definition) is 0. The normalized spacial score (nSPS) is 11.3. The molecule has 1 aromatic heterocycles. The van der Waals surface area contributed by atoms with Crippen molar-refractivity contribution in [2.75, 3.05) is 6.61 Å². The first kappa shape index (κ1) is 46.4.